The minimum absolute atomic E-state index is 0. The summed E-state index contributed by atoms with van der Waals surface area (Å²) >= 11 is 0. The average Bonchev–Trinajstić information content (AvgIpc) is 2.77. The second kappa shape index (κ2) is 6.31. The number of nitrogens with zero attached hydrogens (tertiary/aromatic N) is 3. The monoisotopic (exact) mass is 291 g/mol. The molecule has 0 spiro atoms. The molecule has 0 aliphatic carbocycles. The summed E-state index contributed by atoms with van der Waals surface area (Å²) in [4.78, 5) is 2.51. The van der Waals surface area contributed by atoms with Crippen molar-refractivity contribution in [2.24, 2.45) is 14.1 Å². The Kier molecular flexibility index (Phi) is 4.71. The number of hydrogen-bond acceptors (Lipinski definition) is 1. The van der Waals surface area contributed by atoms with Crippen molar-refractivity contribution in [3.63, 3.8) is 0 Å². The van der Waals surface area contributed by atoms with Crippen LogP contribution >= 0.6 is 0 Å². The predicted octanol–water partition coefficient (Wildman–Crippen LogP) is -0.489. The van der Waals surface area contributed by atoms with Gasteiger partial charge < -0.3 is 17.3 Å². The maximum atomic E-state index is 2.51. The summed E-state index contributed by atoms with van der Waals surface area (Å²) in [7, 11) is 4.28. The number of rotatable bonds is 2. The second-order valence-corrected chi connectivity index (χ2v) is 5.35. The van der Waals surface area contributed by atoms with Crippen molar-refractivity contribution in [3.8, 4) is 11.3 Å². The Morgan fingerprint density at radius 3 is 2.30 bits per heavy atom. The van der Waals surface area contributed by atoms with E-state index < -0.39 is 0 Å². The molecule has 4 heteroatoms. The van der Waals surface area contributed by atoms with Crippen LogP contribution in [0.25, 0.3) is 11.3 Å². The molecule has 0 radical (unpaired) electrons. The fourth-order valence-electron chi connectivity index (χ4n) is 2.92. The van der Waals surface area contributed by atoms with Crippen LogP contribution in [0.4, 0.5) is 5.82 Å². The quantitative estimate of drug-likeness (QED) is 0.680. The van der Waals surface area contributed by atoms with Crippen LogP contribution in [0.5, 0.6) is 0 Å². The number of aromatic nitrogens is 2. The zero-order valence-corrected chi connectivity index (χ0v) is 13.0. The average molecular weight is 292 g/mol. The molecule has 2 heterocycles. The molecular weight excluding hydrogens is 270 g/mol. The summed E-state index contributed by atoms with van der Waals surface area (Å²) in [6.45, 7) is 2.37. The second-order valence-electron chi connectivity index (χ2n) is 5.35. The van der Waals surface area contributed by atoms with Crippen molar-refractivity contribution in [3.05, 3.63) is 36.4 Å². The summed E-state index contributed by atoms with van der Waals surface area (Å²) in [5.74, 6) is 1.33. The Hall–Kier alpha value is -1.48. The normalized spacial score (nSPS) is 15.0. The first-order valence-corrected chi connectivity index (χ1v) is 7.14. The fourth-order valence-corrected chi connectivity index (χ4v) is 2.92. The topological polar surface area (TPSA) is 12.1 Å². The minimum Gasteiger partial charge on any atom is -1.00 e. The van der Waals surface area contributed by atoms with E-state index in [9.17, 15) is 0 Å². The van der Waals surface area contributed by atoms with Crippen LogP contribution < -0.4 is 22.0 Å². The van der Waals surface area contributed by atoms with Crippen molar-refractivity contribution in [2.75, 3.05) is 18.0 Å². The Morgan fingerprint density at radius 2 is 1.65 bits per heavy atom. The van der Waals surface area contributed by atoms with E-state index >= 15 is 0 Å². The lowest BCUT2D eigenvalue weighted by Gasteiger charge is -2.27. The lowest BCUT2D eigenvalue weighted by Crippen LogP contribution is -3.00. The van der Waals surface area contributed by atoms with Gasteiger partial charge in [-0.3, -0.25) is 0 Å². The molecule has 1 aliphatic rings. The summed E-state index contributed by atoms with van der Waals surface area (Å²) in [5.41, 5.74) is 2.56. The summed E-state index contributed by atoms with van der Waals surface area (Å²) < 4.78 is 4.49. The molecule has 1 aromatic carbocycles. The van der Waals surface area contributed by atoms with E-state index in [0.29, 0.717) is 0 Å². The highest BCUT2D eigenvalue weighted by atomic mass is 35.5. The van der Waals surface area contributed by atoms with Crippen LogP contribution in [0.2, 0.25) is 0 Å². The Labute approximate surface area is 127 Å². The number of piperidine rings is 1. The van der Waals surface area contributed by atoms with Gasteiger partial charge in [0.1, 0.15) is 0 Å². The molecule has 1 aliphatic heterocycles. The molecule has 1 fully saturated rings. The maximum absolute atomic E-state index is 2.51. The number of hydrogen-bond donors (Lipinski definition) is 0. The van der Waals surface area contributed by atoms with Gasteiger partial charge in [-0.2, -0.15) is 0 Å². The third-order valence-corrected chi connectivity index (χ3v) is 4.15. The van der Waals surface area contributed by atoms with Gasteiger partial charge in [0.25, 0.3) is 0 Å². The standard InChI is InChI=1S/C16H22N3.ClH/c1-17-15(14-9-5-3-6-10-14)13-16(18(17)2)19-11-7-4-8-12-19;/h3,5-6,9-10,13H,4,7-8,11-12H2,1-2H3;1H/q+1;/p-1. The van der Waals surface area contributed by atoms with Crippen molar-refractivity contribution in [1.82, 2.24) is 4.68 Å². The van der Waals surface area contributed by atoms with Crippen molar-refractivity contribution in [1.29, 1.82) is 0 Å². The van der Waals surface area contributed by atoms with Gasteiger partial charge in [0, 0.05) is 18.7 Å². The minimum atomic E-state index is 0. The van der Waals surface area contributed by atoms with Crippen LogP contribution in [0, 0.1) is 0 Å². The van der Waals surface area contributed by atoms with Gasteiger partial charge in [0.2, 0.25) is 5.69 Å². The highest BCUT2D eigenvalue weighted by molar-refractivity contribution is 5.60. The van der Waals surface area contributed by atoms with Crippen LogP contribution in [0.1, 0.15) is 19.3 Å². The summed E-state index contributed by atoms with van der Waals surface area (Å²) in [5, 5.41) is 0. The SMILES string of the molecule is Cn1c(N2CCCCC2)cc(-c2ccccc2)[n+]1C.[Cl-]. The third kappa shape index (κ3) is 2.68. The van der Waals surface area contributed by atoms with E-state index in [-0.39, 0.29) is 12.4 Å². The fraction of sp³-hybridized carbons (Fsp3) is 0.438. The molecule has 0 atom stereocenters. The Morgan fingerprint density at radius 1 is 1.00 bits per heavy atom. The van der Waals surface area contributed by atoms with Gasteiger partial charge in [-0.25, -0.2) is 0 Å². The lowest BCUT2D eigenvalue weighted by molar-refractivity contribution is -0.740. The highest BCUT2D eigenvalue weighted by Gasteiger charge is 2.23. The third-order valence-electron chi connectivity index (χ3n) is 4.15. The van der Waals surface area contributed by atoms with Crippen molar-refractivity contribution < 1.29 is 17.1 Å². The van der Waals surface area contributed by atoms with Gasteiger partial charge >= 0.3 is 0 Å². The van der Waals surface area contributed by atoms with Crippen LogP contribution in [-0.4, -0.2) is 17.8 Å². The molecule has 0 unspecified atom stereocenters. The van der Waals surface area contributed by atoms with Crippen LogP contribution in [0.3, 0.4) is 0 Å². The molecule has 2 aromatic rings. The maximum Gasteiger partial charge on any atom is 0.240 e. The van der Waals surface area contributed by atoms with E-state index in [4.69, 9.17) is 0 Å². The van der Waals surface area contributed by atoms with E-state index in [2.05, 4.69) is 64.8 Å². The first-order chi connectivity index (χ1) is 9.27. The van der Waals surface area contributed by atoms with Crippen molar-refractivity contribution >= 4 is 5.82 Å². The smallest absolute Gasteiger partial charge is 0.240 e. The predicted molar refractivity (Wildman–Crippen MR) is 78.1 cm³/mol. The van der Waals surface area contributed by atoms with Gasteiger partial charge in [0.15, 0.2) is 12.9 Å². The van der Waals surface area contributed by atoms with Gasteiger partial charge in [0.05, 0.1) is 13.1 Å². The highest BCUT2D eigenvalue weighted by Crippen LogP contribution is 2.24. The molecule has 0 bridgehead atoms. The summed E-state index contributed by atoms with van der Waals surface area (Å²) in [6, 6.07) is 12.9. The molecular formula is C16H22ClN3. The largest absolute Gasteiger partial charge is 1.00 e. The molecule has 108 valence electrons. The zero-order valence-electron chi connectivity index (χ0n) is 12.2. The zero-order chi connectivity index (χ0) is 13.2. The summed E-state index contributed by atoms with van der Waals surface area (Å²) in [6.07, 6.45) is 4.00. The van der Waals surface area contributed by atoms with Gasteiger partial charge in [-0.1, -0.05) is 18.2 Å². The van der Waals surface area contributed by atoms with Gasteiger partial charge in [-0.15, -0.1) is 9.36 Å². The number of benzene rings is 1. The van der Waals surface area contributed by atoms with E-state index in [1.54, 1.807) is 0 Å². The van der Waals surface area contributed by atoms with Crippen LogP contribution in [-0.2, 0) is 14.1 Å². The van der Waals surface area contributed by atoms with Gasteiger partial charge in [-0.05, 0) is 31.4 Å². The molecule has 3 rings (SSSR count). The number of anilines is 1. The number of halogens is 1. The molecule has 20 heavy (non-hydrogen) atoms. The first-order valence-electron chi connectivity index (χ1n) is 7.14. The molecule has 1 saturated heterocycles. The molecule has 3 nitrogen and oxygen atoms in total. The van der Waals surface area contributed by atoms with E-state index in [1.165, 1.54) is 49.4 Å². The lowest BCUT2D eigenvalue weighted by atomic mass is 10.1. The Bertz CT molecular complexity index is 557. The van der Waals surface area contributed by atoms with Crippen molar-refractivity contribution in [2.45, 2.75) is 19.3 Å². The molecule has 0 N–H and O–H groups in total. The van der Waals surface area contributed by atoms with Crippen LogP contribution in [0.15, 0.2) is 36.4 Å². The van der Waals surface area contributed by atoms with E-state index in [0.717, 1.165) is 0 Å². The molecule has 0 saturated carbocycles. The first kappa shape index (κ1) is 14.9. The molecule has 1 aromatic heterocycles. The van der Waals surface area contributed by atoms with E-state index in [1.807, 2.05) is 0 Å². The molecule has 0 amide bonds. The Balaban J connectivity index is 0.00000147.